The summed E-state index contributed by atoms with van der Waals surface area (Å²) in [6.45, 7) is 7.24. The van der Waals surface area contributed by atoms with Crippen LogP contribution >= 0.6 is 15.9 Å². The number of aromatic amines is 1. The van der Waals surface area contributed by atoms with Crippen LogP contribution in [0.5, 0.6) is 5.88 Å². The third-order valence-electron chi connectivity index (χ3n) is 3.87. The molecule has 0 aliphatic heterocycles. The Morgan fingerprint density at radius 3 is 2.48 bits per heavy atom. The standard InChI is InChI=1S/C17H21BrN4O3/c1-3-21(4-2)10-9-19-11-14-15(23)20-17(25)22(16(14)24)13-7-5-12(18)6-8-13/h5-8,11,24H,3-4,9-10H2,1-2H3,(H,20,23,25). The highest BCUT2D eigenvalue weighted by atomic mass is 79.9. The Balaban J connectivity index is 2.33. The molecule has 0 spiro atoms. The number of aromatic hydroxyl groups is 1. The molecule has 1 aromatic heterocycles. The Kier molecular flexibility index (Phi) is 6.72. The van der Waals surface area contributed by atoms with Crippen molar-refractivity contribution in [1.82, 2.24) is 14.5 Å². The summed E-state index contributed by atoms with van der Waals surface area (Å²) in [5.41, 5.74) is -0.964. The molecule has 1 aromatic carbocycles. The third-order valence-corrected chi connectivity index (χ3v) is 4.39. The number of halogens is 1. The fourth-order valence-electron chi connectivity index (χ4n) is 2.38. The Hall–Kier alpha value is -2.19. The minimum atomic E-state index is -0.704. The molecular weight excluding hydrogens is 388 g/mol. The molecule has 134 valence electrons. The van der Waals surface area contributed by atoms with Crippen LogP contribution in [0.25, 0.3) is 5.69 Å². The third kappa shape index (κ3) is 4.67. The second kappa shape index (κ2) is 8.77. The molecule has 0 fully saturated rings. The average Bonchev–Trinajstić information content (AvgIpc) is 2.59. The summed E-state index contributed by atoms with van der Waals surface area (Å²) in [6, 6.07) is 6.80. The number of rotatable bonds is 7. The first kappa shape index (κ1) is 19.1. The summed E-state index contributed by atoms with van der Waals surface area (Å²) < 4.78 is 1.88. The highest BCUT2D eigenvalue weighted by molar-refractivity contribution is 9.10. The summed E-state index contributed by atoms with van der Waals surface area (Å²) in [5.74, 6) is -0.428. The minimum absolute atomic E-state index is 0.0398. The molecule has 0 saturated heterocycles. The number of hydrogen-bond donors (Lipinski definition) is 2. The zero-order valence-corrected chi connectivity index (χ0v) is 15.8. The molecule has 2 N–H and O–H groups in total. The summed E-state index contributed by atoms with van der Waals surface area (Å²) in [7, 11) is 0. The van der Waals surface area contributed by atoms with Gasteiger partial charge in [0.2, 0.25) is 5.88 Å². The Labute approximate surface area is 153 Å². The number of likely N-dealkylation sites (N-methyl/N-ethyl adjacent to an activating group) is 1. The molecule has 0 aliphatic rings. The molecule has 0 saturated carbocycles. The first-order valence-corrected chi connectivity index (χ1v) is 8.83. The summed E-state index contributed by atoms with van der Waals surface area (Å²) in [4.78, 5) is 32.7. The molecule has 0 radical (unpaired) electrons. The van der Waals surface area contributed by atoms with E-state index in [1.807, 2.05) is 0 Å². The van der Waals surface area contributed by atoms with Gasteiger partial charge < -0.3 is 10.0 Å². The predicted molar refractivity (Wildman–Crippen MR) is 102 cm³/mol. The van der Waals surface area contributed by atoms with E-state index in [2.05, 4.69) is 44.7 Å². The van der Waals surface area contributed by atoms with Gasteiger partial charge in [-0.3, -0.25) is 14.8 Å². The average molecular weight is 409 g/mol. The Morgan fingerprint density at radius 1 is 1.24 bits per heavy atom. The number of benzene rings is 1. The van der Waals surface area contributed by atoms with E-state index in [0.29, 0.717) is 12.2 Å². The van der Waals surface area contributed by atoms with E-state index in [0.717, 1.165) is 28.7 Å². The van der Waals surface area contributed by atoms with Crippen LogP contribution in [0.15, 0.2) is 43.3 Å². The maximum atomic E-state index is 12.1. The van der Waals surface area contributed by atoms with Crippen molar-refractivity contribution in [2.75, 3.05) is 26.2 Å². The lowest BCUT2D eigenvalue weighted by Gasteiger charge is -2.15. The molecule has 2 aromatic rings. The van der Waals surface area contributed by atoms with Crippen molar-refractivity contribution in [1.29, 1.82) is 0 Å². The van der Waals surface area contributed by atoms with Crippen LogP contribution in [0.1, 0.15) is 19.4 Å². The first-order valence-electron chi connectivity index (χ1n) is 8.04. The molecule has 1 heterocycles. The van der Waals surface area contributed by atoms with Gasteiger partial charge in [-0.1, -0.05) is 29.8 Å². The van der Waals surface area contributed by atoms with Crippen molar-refractivity contribution in [3.05, 3.63) is 55.1 Å². The van der Waals surface area contributed by atoms with Gasteiger partial charge >= 0.3 is 5.69 Å². The zero-order chi connectivity index (χ0) is 18.4. The zero-order valence-electron chi connectivity index (χ0n) is 14.2. The number of nitrogens with one attached hydrogen (secondary N) is 1. The molecule has 7 nitrogen and oxygen atoms in total. The van der Waals surface area contributed by atoms with Gasteiger partial charge in [-0.05, 0) is 37.4 Å². The van der Waals surface area contributed by atoms with Crippen molar-refractivity contribution >= 4 is 22.1 Å². The highest BCUT2D eigenvalue weighted by Gasteiger charge is 2.14. The number of H-pyrrole nitrogens is 1. The fourth-order valence-corrected chi connectivity index (χ4v) is 2.64. The second-order valence-corrected chi connectivity index (χ2v) is 6.29. The SMILES string of the molecule is CCN(CC)CCN=Cc1c(O)n(-c2ccc(Br)cc2)c(=O)[nH]c1=O. The van der Waals surface area contributed by atoms with Gasteiger partial charge in [0.1, 0.15) is 5.56 Å². The quantitative estimate of drug-likeness (QED) is 0.682. The summed E-state index contributed by atoms with van der Waals surface area (Å²) >= 11 is 3.31. The lowest BCUT2D eigenvalue weighted by molar-refractivity contribution is 0.313. The first-order chi connectivity index (χ1) is 12.0. The maximum Gasteiger partial charge on any atom is 0.335 e. The van der Waals surface area contributed by atoms with E-state index in [-0.39, 0.29) is 5.56 Å². The van der Waals surface area contributed by atoms with Crippen molar-refractivity contribution in [2.24, 2.45) is 4.99 Å². The molecule has 2 rings (SSSR count). The topological polar surface area (TPSA) is 90.7 Å². The van der Waals surface area contributed by atoms with E-state index in [1.54, 1.807) is 24.3 Å². The van der Waals surface area contributed by atoms with E-state index < -0.39 is 17.1 Å². The molecular formula is C17H21BrN4O3. The van der Waals surface area contributed by atoms with Crippen molar-refractivity contribution in [3.63, 3.8) is 0 Å². The lowest BCUT2D eigenvalue weighted by Crippen LogP contribution is -2.31. The Morgan fingerprint density at radius 2 is 1.88 bits per heavy atom. The van der Waals surface area contributed by atoms with Crippen molar-refractivity contribution < 1.29 is 5.11 Å². The van der Waals surface area contributed by atoms with Gasteiger partial charge in [0.15, 0.2) is 0 Å². The van der Waals surface area contributed by atoms with Crippen LogP contribution < -0.4 is 11.2 Å². The van der Waals surface area contributed by atoms with Crippen LogP contribution in [0.2, 0.25) is 0 Å². The van der Waals surface area contributed by atoms with Crippen LogP contribution in [-0.2, 0) is 0 Å². The smallest absolute Gasteiger partial charge is 0.335 e. The van der Waals surface area contributed by atoms with E-state index in [9.17, 15) is 14.7 Å². The molecule has 0 bridgehead atoms. The number of aliphatic imine (C=N–C) groups is 1. The van der Waals surface area contributed by atoms with Gasteiger partial charge in [0, 0.05) is 17.2 Å². The monoisotopic (exact) mass is 408 g/mol. The van der Waals surface area contributed by atoms with Crippen LogP contribution in [0.4, 0.5) is 0 Å². The fraction of sp³-hybridized carbons (Fsp3) is 0.353. The summed E-state index contributed by atoms with van der Waals surface area (Å²) in [6.07, 6.45) is 1.31. The van der Waals surface area contributed by atoms with Gasteiger partial charge in [-0.25, -0.2) is 9.36 Å². The van der Waals surface area contributed by atoms with E-state index >= 15 is 0 Å². The van der Waals surface area contributed by atoms with Crippen LogP contribution in [0, 0.1) is 0 Å². The largest absolute Gasteiger partial charge is 0.493 e. The molecule has 0 atom stereocenters. The molecule has 0 aliphatic carbocycles. The molecule has 0 amide bonds. The van der Waals surface area contributed by atoms with Gasteiger partial charge in [-0.2, -0.15) is 0 Å². The minimum Gasteiger partial charge on any atom is -0.493 e. The lowest BCUT2D eigenvalue weighted by atomic mass is 10.3. The molecule has 0 unspecified atom stereocenters. The number of hydrogen-bond acceptors (Lipinski definition) is 5. The molecule has 8 heteroatoms. The normalized spacial score (nSPS) is 11.5. The number of nitrogens with zero attached hydrogens (tertiary/aromatic N) is 3. The Bertz CT molecular complexity index is 852. The van der Waals surface area contributed by atoms with E-state index in [4.69, 9.17) is 0 Å². The van der Waals surface area contributed by atoms with Crippen molar-refractivity contribution in [2.45, 2.75) is 13.8 Å². The van der Waals surface area contributed by atoms with Crippen LogP contribution in [0.3, 0.4) is 0 Å². The maximum absolute atomic E-state index is 12.1. The van der Waals surface area contributed by atoms with E-state index in [1.165, 1.54) is 6.21 Å². The molecule has 25 heavy (non-hydrogen) atoms. The van der Waals surface area contributed by atoms with Gasteiger partial charge in [0.05, 0.1) is 12.2 Å². The summed E-state index contributed by atoms with van der Waals surface area (Å²) in [5, 5.41) is 10.4. The number of aromatic nitrogens is 2. The predicted octanol–water partition coefficient (Wildman–Crippen LogP) is 1.75. The highest BCUT2D eigenvalue weighted by Crippen LogP contribution is 2.17. The van der Waals surface area contributed by atoms with Gasteiger partial charge in [0.25, 0.3) is 5.56 Å². The second-order valence-electron chi connectivity index (χ2n) is 5.37. The van der Waals surface area contributed by atoms with Gasteiger partial charge in [-0.15, -0.1) is 0 Å². The van der Waals surface area contributed by atoms with Crippen LogP contribution in [-0.4, -0.2) is 52.0 Å². The van der Waals surface area contributed by atoms with Crippen molar-refractivity contribution in [3.8, 4) is 11.6 Å².